The number of aromatic nitrogens is 4. The topological polar surface area (TPSA) is 74.4 Å². The summed E-state index contributed by atoms with van der Waals surface area (Å²) in [5.74, 6) is 0.182. The molecule has 0 spiro atoms. The van der Waals surface area contributed by atoms with E-state index < -0.39 is 0 Å². The molecule has 5 heterocycles. The van der Waals surface area contributed by atoms with Crippen molar-refractivity contribution in [1.29, 1.82) is 0 Å². The summed E-state index contributed by atoms with van der Waals surface area (Å²) < 4.78 is 0. The van der Waals surface area contributed by atoms with E-state index in [1.54, 1.807) is 0 Å². The summed E-state index contributed by atoms with van der Waals surface area (Å²) in [7, 11) is 0. The van der Waals surface area contributed by atoms with Gasteiger partial charge >= 0.3 is 0 Å². The Morgan fingerprint density at radius 3 is 2.10 bits per heavy atom. The molecule has 0 saturated heterocycles. The second-order valence-corrected chi connectivity index (χ2v) is 8.46. The molecule has 0 aromatic carbocycles. The van der Waals surface area contributed by atoms with E-state index in [0.29, 0.717) is 6.42 Å². The second kappa shape index (κ2) is 6.01. The van der Waals surface area contributed by atoms with E-state index in [1.807, 2.05) is 36.4 Å². The third kappa shape index (κ3) is 2.60. The smallest absolute Gasteiger partial charge is 0.145 e. The van der Waals surface area contributed by atoms with Crippen LogP contribution in [0.15, 0.2) is 60.7 Å². The molecule has 0 amide bonds. The third-order valence-corrected chi connectivity index (χ3v) is 6.41. The van der Waals surface area contributed by atoms with Gasteiger partial charge in [0.05, 0.1) is 28.7 Å². The second-order valence-electron chi connectivity index (χ2n) is 8.46. The van der Waals surface area contributed by atoms with E-state index in [0.717, 1.165) is 50.4 Å². The molecule has 0 radical (unpaired) electrons. The van der Waals surface area contributed by atoms with Crippen molar-refractivity contribution >= 4 is 51.1 Å². The first-order valence-electron chi connectivity index (χ1n) is 10.5. The first-order valence-corrected chi connectivity index (χ1v) is 10.5. The largest absolute Gasteiger partial charge is 0.355 e. The highest BCUT2D eigenvalue weighted by Gasteiger charge is 2.41. The van der Waals surface area contributed by atoms with Gasteiger partial charge in [-0.25, -0.2) is 9.97 Å². The van der Waals surface area contributed by atoms with Crippen LogP contribution in [0.3, 0.4) is 0 Å². The Morgan fingerprint density at radius 1 is 0.710 bits per heavy atom. The van der Waals surface area contributed by atoms with Gasteiger partial charge in [-0.2, -0.15) is 0 Å². The SMILES string of the molecule is O=C1CC2C=C[C@H]1C1=C2c2cc3ccc(cc4ccc(cc5nc(cc1n2)C=C5)[nH]4)[nH]3. The summed E-state index contributed by atoms with van der Waals surface area (Å²) in [6.45, 7) is 0. The highest BCUT2D eigenvalue weighted by Crippen LogP contribution is 2.49. The maximum atomic E-state index is 12.6. The molecule has 2 aliphatic heterocycles. The number of nitrogens with zero attached hydrogens (tertiary/aromatic N) is 2. The lowest BCUT2D eigenvalue weighted by Crippen LogP contribution is -2.27. The molecule has 148 valence electrons. The summed E-state index contributed by atoms with van der Waals surface area (Å²) in [5, 5.41) is 0. The lowest BCUT2D eigenvalue weighted by molar-refractivity contribution is -0.121. The number of hydrogen-bond acceptors (Lipinski definition) is 3. The first kappa shape index (κ1) is 16.8. The van der Waals surface area contributed by atoms with Crippen molar-refractivity contribution in [2.75, 3.05) is 0 Å². The van der Waals surface area contributed by atoms with Crippen LogP contribution in [0.5, 0.6) is 0 Å². The predicted molar refractivity (Wildman–Crippen MR) is 122 cm³/mol. The van der Waals surface area contributed by atoms with Crippen molar-refractivity contribution in [3.8, 4) is 0 Å². The van der Waals surface area contributed by atoms with Gasteiger partial charge in [0, 0.05) is 34.4 Å². The predicted octanol–water partition coefficient (Wildman–Crippen LogP) is 5.17. The van der Waals surface area contributed by atoms with Gasteiger partial charge in [0.1, 0.15) is 5.78 Å². The molecular weight excluding hydrogens is 384 g/mol. The summed E-state index contributed by atoms with van der Waals surface area (Å²) in [6, 6.07) is 16.5. The minimum atomic E-state index is -0.200. The lowest BCUT2D eigenvalue weighted by atomic mass is 9.70. The van der Waals surface area contributed by atoms with Crippen LogP contribution >= 0.6 is 0 Å². The monoisotopic (exact) mass is 402 g/mol. The molecule has 0 saturated carbocycles. The maximum absolute atomic E-state index is 12.6. The van der Waals surface area contributed by atoms with Gasteiger partial charge in [0.25, 0.3) is 0 Å². The standard InChI is InChI=1S/C26H18N4O/c31-24-9-14-1-8-21(24)26-23-13-20-7-5-18(29-20)11-16-3-2-15(27-16)10-17-4-6-19(28-17)12-22(30-23)25(14)26/h1-8,10-14,21,27-28H,9H2/t14?,21-/m1/s1. The van der Waals surface area contributed by atoms with Crippen LogP contribution < -0.4 is 0 Å². The van der Waals surface area contributed by atoms with Crippen molar-refractivity contribution in [3.05, 3.63) is 83.5 Å². The van der Waals surface area contributed by atoms with Crippen molar-refractivity contribution in [2.24, 2.45) is 11.8 Å². The fourth-order valence-corrected chi connectivity index (χ4v) is 5.05. The zero-order valence-corrected chi connectivity index (χ0v) is 16.6. The van der Waals surface area contributed by atoms with Gasteiger partial charge in [-0.05, 0) is 71.8 Å². The Hall–Kier alpha value is -3.99. The lowest BCUT2D eigenvalue weighted by Gasteiger charge is -2.31. The van der Waals surface area contributed by atoms with Gasteiger partial charge in [-0.15, -0.1) is 0 Å². The molecule has 3 aromatic rings. The zero-order valence-electron chi connectivity index (χ0n) is 16.6. The fourth-order valence-electron chi connectivity index (χ4n) is 5.05. The van der Waals surface area contributed by atoms with Crippen LogP contribution in [0.1, 0.15) is 29.2 Å². The van der Waals surface area contributed by atoms with Crippen LogP contribution in [0, 0.1) is 11.8 Å². The van der Waals surface area contributed by atoms with E-state index in [-0.39, 0.29) is 17.6 Å². The molecule has 5 aliphatic rings. The number of hydrogen-bond donors (Lipinski definition) is 2. The highest BCUT2D eigenvalue weighted by molar-refractivity contribution is 6.10. The number of ketones is 1. The van der Waals surface area contributed by atoms with E-state index in [1.165, 1.54) is 5.57 Å². The number of Topliss-reactive ketones (excluding diaryl/α,β-unsaturated/α-hetero) is 1. The maximum Gasteiger partial charge on any atom is 0.145 e. The van der Waals surface area contributed by atoms with E-state index >= 15 is 0 Å². The molecule has 10 bridgehead atoms. The molecule has 31 heavy (non-hydrogen) atoms. The normalized spacial score (nSPS) is 21.1. The van der Waals surface area contributed by atoms with Crippen LogP contribution in [0.25, 0.3) is 45.4 Å². The van der Waals surface area contributed by atoms with Crippen LogP contribution in [0.2, 0.25) is 0 Å². The zero-order chi connectivity index (χ0) is 20.5. The molecule has 2 N–H and O–H groups in total. The van der Waals surface area contributed by atoms with Crippen molar-refractivity contribution in [1.82, 2.24) is 19.9 Å². The quantitative estimate of drug-likeness (QED) is 0.399. The Kier molecular flexibility index (Phi) is 3.25. The molecule has 3 aliphatic carbocycles. The fraction of sp³-hybridized carbons (Fsp3) is 0.115. The average molecular weight is 402 g/mol. The van der Waals surface area contributed by atoms with Crippen LogP contribution in [0.4, 0.5) is 0 Å². The first-order chi connectivity index (χ1) is 15.2. The molecule has 5 nitrogen and oxygen atoms in total. The molecule has 2 atom stereocenters. The van der Waals surface area contributed by atoms with Crippen molar-refractivity contribution in [3.63, 3.8) is 0 Å². The number of aromatic amines is 2. The molecular formula is C26H18N4O. The number of nitrogens with one attached hydrogen (secondary N) is 2. The third-order valence-electron chi connectivity index (χ3n) is 6.41. The number of allylic oxidation sites excluding steroid dienone is 4. The summed E-state index contributed by atoms with van der Waals surface area (Å²) in [6.07, 6.45) is 8.78. The number of fused-ring (bicyclic) bond motifs is 9. The Bertz CT molecular complexity index is 1550. The van der Waals surface area contributed by atoms with Crippen LogP contribution in [-0.2, 0) is 4.79 Å². The Labute approximate surface area is 177 Å². The van der Waals surface area contributed by atoms with Gasteiger partial charge in [0.15, 0.2) is 0 Å². The average Bonchev–Trinajstić information content (AvgIpc) is 3.53. The molecule has 8 rings (SSSR count). The van der Waals surface area contributed by atoms with Crippen molar-refractivity contribution < 1.29 is 4.79 Å². The van der Waals surface area contributed by atoms with E-state index in [9.17, 15) is 4.79 Å². The highest BCUT2D eigenvalue weighted by atomic mass is 16.1. The number of carbonyl (C=O) groups is 1. The summed E-state index contributed by atoms with van der Waals surface area (Å²) >= 11 is 0. The van der Waals surface area contributed by atoms with E-state index in [2.05, 4.69) is 46.4 Å². The van der Waals surface area contributed by atoms with Gasteiger partial charge < -0.3 is 9.97 Å². The molecule has 1 unspecified atom stereocenters. The van der Waals surface area contributed by atoms with Gasteiger partial charge in [-0.1, -0.05) is 12.2 Å². The summed E-state index contributed by atoms with van der Waals surface area (Å²) in [5.41, 5.74) is 9.81. The minimum Gasteiger partial charge on any atom is -0.355 e. The number of rotatable bonds is 0. The van der Waals surface area contributed by atoms with Crippen LogP contribution in [-0.4, -0.2) is 25.7 Å². The van der Waals surface area contributed by atoms with Gasteiger partial charge in [-0.3, -0.25) is 4.79 Å². The van der Waals surface area contributed by atoms with Gasteiger partial charge in [0.2, 0.25) is 0 Å². The molecule has 0 fully saturated rings. The number of H-pyrrole nitrogens is 2. The Morgan fingerprint density at radius 2 is 1.35 bits per heavy atom. The molecule has 5 heteroatoms. The number of carbonyl (C=O) groups excluding carboxylic acids is 1. The summed E-state index contributed by atoms with van der Waals surface area (Å²) in [4.78, 5) is 29.3. The Balaban J connectivity index is 1.57. The van der Waals surface area contributed by atoms with Crippen molar-refractivity contribution in [2.45, 2.75) is 6.42 Å². The van der Waals surface area contributed by atoms with E-state index in [4.69, 9.17) is 9.97 Å². The molecule has 3 aromatic heterocycles. The minimum absolute atomic E-state index is 0.102.